The summed E-state index contributed by atoms with van der Waals surface area (Å²) in [6.07, 6.45) is 4.99. The highest BCUT2D eigenvalue weighted by Crippen LogP contribution is 2.28. The van der Waals surface area contributed by atoms with Crippen molar-refractivity contribution in [3.63, 3.8) is 0 Å². The third-order valence-electron chi connectivity index (χ3n) is 6.65. The number of rotatable bonds is 7. The zero-order valence-corrected chi connectivity index (χ0v) is 20.3. The van der Waals surface area contributed by atoms with Crippen LogP contribution in [0.15, 0.2) is 60.8 Å². The Balaban J connectivity index is 1.51. The van der Waals surface area contributed by atoms with Crippen molar-refractivity contribution in [1.82, 2.24) is 20.0 Å². The van der Waals surface area contributed by atoms with Crippen molar-refractivity contribution in [3.8, 4) is 16.9 Å². The molecule has 1 fully saturated rings. The number of likely N-dealkylation sites (tertiary alicyclic amines) is 1. The Kier molecular flexibility index (Phi) is 7.46. The maximum absolute atomic E-state index is 13.6. The summed E-state index contributed by atoms with van der Waals surface area (Å²) in [6, 6.07) is 18.2. The molecular formula is C28H34N4O2. The number of aromatic nitrogens is 2. The zero-order valence-electron chi connectivity index (χ0n) is 20.3. The molecule has 1 aromatic heterocycles. The van der Waals surface area contributed by atoms with E-state index in [0.29, 0.717) is 36.7 Å². The van der Waals surface area contributed by atoms with Gasteiger partial charge in [0.05, 0.1) is 11.3 Å². The molecular weight excluding hydrogens is 424 g/mol. The predicted octanol–water partition coefficient (Wildman–Crippen LogP) is 5.00. The fourth-order valence-electron chi connectivity index (χ4n) is 4.46. The van der Waals surface area contributed by atoms with E-state index in [9.17, 15) is 9.59 Å². The number of benzene rings is 2. The van der Waals surface area contributed by atoms with Gasteiger partial charge in [-0.05, 0) is 57.2 Å². The highest BCUT2D eigenvalue weighted by Gasteiger charge is 2.28. The number of carbonyl (C=O) groups is 2. The Morgan fingerprint density at radius 2 is 1.82 bits per heavy atom. The number of hydrogen-bond acceptors (Lipinski definition) is 3. The number of piperidine rings is 1. The molecule has 1 aliphatic heterocycles. The van der Waals surface area contributed by atoms with E-state index in [1.54, 1.807) is 4.68 Å². The van der Waals surface area contributed by atoms with Crippen molar-refractivity contribution in [2.24, 2.45) is 5.92 Å². The molecule has 3 aromatic rings. The largest absolute Gasteiger partial charge is 0.354 e. The highest BCUT2D eigenvalue weighted by atomic mass is 16.2. The molecule has 1 N–H and O–H groups in total. The maximum Gasteiger partial charge on any atom is 0.257 e. The van der Waals surface area contributed by atoms with Gasteiger partial charge in [-0.25, -0.2) is 4.68 Å². The van der Waals surface area contributed by atoms with Gasteiger partial charge in [0.2, 0.25) is 5.91 Å². The van der Waals surface area contributed by atoms with E-state index in [1.165, 1.54) is 0 Å². The molecule has 6 heteroatoms. The fourth-order valence-corrected chi connectivity index (χ4v) is 4.46. The molecule has 6 nitrogen and oxygen atoms in total. The number of amides is 2. The molecule has 34 heavy (non-hydrogen) atoms. The van der Waals surface area contributed by atoms with Gasteiger partial charge in [0.25, 0.3) is 5.91 Å². The molecule has 0 radical (unpaired) electrons. The molecule has 0 aliphatic carbocycles. The summed E-state index contributed by atoms with van der Waals surface area (Å²) < 4.78 is 1.79. The summed E-state index contributed by atoms with van der Waals surface area (Å²) in [5.41, 5.74) is 4.30. The van der Waals surface area contributed by atoms with Gasteiger partial charge in [-0.1, -0.05) is 48.9 Å². The maximum atomic E-state index is 13.6. The molecule has 2 amide bonds. The van der Waals surface area contributed by atoms with Gasteiger partial charge >= 0.3 is 0 Å². The van der Waals surface area contributed by atoms with E-state index < -0.39 is 0 Å². The average Bonchev–Trinajstić information content (AvgIpc) is 3.30. The van der Waals surface area contributed by atoms with Crippen LogP contribution in [-0.2, 0) is 4.79 Å². The lowest BCUT2D eigenvalue weighted by Gasteiger charge is -2.32. The smallest absolute Gasteiger partial charge is 0.257 e. The molecule has 0 unspecified atom stereocenters. The van der Waals surface area contributed by atoms with Crippen molar-refractivity contribution in [1.29, 1.82) is 0 Å². The van der Waals surface area contributed by atoms with Crippen molar-refractivity contribution >= 4 is 11.8 Å². The summed E-state index contributed by atoms with van der Waals surface area (Å²) in [4.78, 5) is 27.8. The van der Waals surface area contributed by atoms with Gasteiger partial charge in [-0.15, -0.1) is 0 Å². The van der Waals surface area contributed by atoms with Crippen molar-refractivity contribution in [2.45, 2.75) is 52.5 Å². The fraction of sp³-hybridized carbons (Fsp3) is 0.393. The van der Waals surface area contributed by atoms with Gasteiger partial charge < -0.3 is 10.2 Å². The summed E-state index contributed by atoms with van der Waals surface area (Å²) >= 11 is 0. The van der Waals surface area contributed by atoms with Crippen LogP contribution in [-0.4, -0.2) is 45.6 Å². The standard InChI is InChI=1S/C28H34N4O2/c1-4-21(3)29-26(33)18-22-13-15-31(16-14-22)28(34)25-19-32(24-11-6-5-7-12-24)30-27(25)23-10-8-9-20(2)17-23/h5-12,17,19,21-22H,4,13-16,18H2,1-3H3,(H,29,33)/t21-/m0/s1. The van der Waals surface area contributed by atoms with E-state index >= 15 is 0 Å². The first-order valence-electron chi connectivity index (χ1n) is 12.3. The number of para-hydroxylation sites is 1. The number of nitrogens with one attached hydrogen (secondary N) is 1. The van der Waals surface area contributed by atoms with Crippen LogP contribution >= 0.6 is 0 Å². The Labute approximate surface area is 202 Å². The first-order valence-corrected chi connectivity index (χ1v) is 12.3. The van der Waals surface area contributed by atoms with E-state index in [4.69, 9.17) is 5.10 Å². The molecule has 1 aliphatic rings. The quantitative estimate of drug-likeness (QED) is 0.541. The Bertz CT molecular complexity index is 1130. The predicted molar refractivity (Wildman–Crippen MR) is 135 cm³/mol. The normalized spacial score (nSPS) is 15.2. The molecule has 1 saturated heterocycles. The SMILES string of the molecule is CC[C@H](C)NC(=O)CC1CCN(C(=O)c2cn(-c3ccccc3)nc2-c2cccc(C)c2)CC1. The Morgan fingerprint density at radius 1 is 1.09 bits per heavy atom. The number of carbonyl (C=O) groups excluding carboxylic acids is 2. The molecule has 2 heterocycles. The van der Waals surface area contributed by atoms with Gasteiger partial charge in [0.1, 0.15) is 5.69 Å². The topological polar surface area (TPSA) is 67.2 Å². The molecule has 1 atom stereocenters. The molecule has 178 valence electrons. The highest BCUT2D eigenvalue weighted by molar-refractivity contribution is 6.00. The molecule has 4 rings (SSSR count). The first kappa shape index (κ1) is 23.7. The molecule has 2 aromatic carbocycles. The average molecular weight is 459 g/mol. The number of aryl methyl sites for hydroxylation is 1. The van der Waals surface area contributed by atoms with E-state index in [0.717, 1.165) is 36.1 Å². The van der Waals surface area contributed by atoms with Crippen molar-refractivity contribution in [2.75, 3.05) is 13.1 Å². The van der Waals surface area contributed by atoms with Gasteiger partial charge in [-0.3, -0.25) is 9.59 Å². The van der Waals surface area contributed by atoms with E-state index in [-0.39, 0.29) is 17.9 Å². The van der Waals surface area contributed by atoms with Gasteiger partial charge in [0.15, 0.2) is 0 Å². The van der Waals surface area contributed by atoms with Crippen LogP contribution in [0.5, 0.6) is 0 Å². The van der Waals surface area contributed by atoms with Crippen LogP contribution in [0.2, 0.25) is 0 Å². The third kappa shape index (κ3) is 5.56. The van der Waals surface area contributed by atoms with Crippen LogP contribution in [0.4, 0.5) is 0 Å². The minimum Gasteiger partial charge on any atom is -0.354 e. The Hall–Kier alpha value is -3.41. The summed E-state index contributed by atoms with van der Waals surface area (Å²) in [6.45, 7) is 7.45. The van der Waals surface area contributed by atoms with Crippen LogP contribution in [0.3, 0.4) is 0 Å². The summed E-state index contributed by atoms with van der Waals surface area (Å²) in [5, 5.41) is 7.87. The van der Waals surface area contributed by atoms with Gasteiger partial charge in [-0.2, -0.15) is 5.10 Å². The molecule has 0 spiro atoms. The number of nitrogens with zero attached hydrogens (tertiary/aromatic N) is 3. The van der Waals surface area contributed by atoms with Crippen molar-refractivity contribution < 1.29 is 9.59 Å². The lowest BCUT2D eigenvalue weighted by Crippen LogP contribution is -2.40. The van der Waals surface area contributed by atoms with Crippen LogP contribution in [0.1, 0.15) is 55.5 Å². The van der Waals surface area contributed by atoms with Crippen LogP contribution in [0, 0.1) is 12.8 Å². The Morgan fingerprint density at radius 3 is 2.50 bits per heavy atom. The second-order valence-corrected chi connectivity index (χ2v) is 9.36. The first-order chi connectivity index (χ1) is 16.4. The number of hydrogen-bond donors (Lipinski definition) is 1. The van der Waals surface area contributed by atoms with E-state index in [1.807, 2.05) is 73.5 Å². The van der Waals surface area contributed by atoms with Crippen LogP contribution in [0.25, 0.3) is 16.9 Å². The second kappa shape index (κ2) is 10.7. The minimum atomic E-state index is 0.00111. The molecule has 0 bridgehead atoms. The third-order valence-corrected chi connectivity index (χ3v) is 6.65. The second-order valence-electron chi connectivity index (χ2n) is 9.36. The summed E-state index contributed by atoms with van der Waals surface area (Å²) in [7, 11) is 0. The lowest BCUT2D eigenvalue weighted by atomic mass is 9.92. The van der Waals surface area contributed by atoms with Gasteiger partial charge in [0, 0.05) is 37.3 Å². The minimum absolute atomic E-state index is 0.00111. The summed E-state index contributed by atoms with van der Waals surface area (Å²) in [5.74, 6) is 0.433. The monoisotopic (exact) mass is 458 g/mol. The lowest BCUT2D eigenvalue weighted by molar-refractivity contribution is -0.122. The molecule has 0 saturated carbocycles. The zero-order chi connectivity index (χ0) is 24.1. The van der Waals surface area contributed by atoms with Crippen molar-refractivity contribution in [3.05, 3.63) is 71.9 Å². The van der Waals surface area contributed by atoms with Crippen LogP contribution < -0.4 is 5.32 Å². The van der Waals surface area contributed by atoms with E-state index in [2.05, 4.69) is 18.3 Å².